The first-order chi connectivity index (χ1) is 7.86. The average molecular weight is 262 g/mol. The number of ether oxygens (including phenoxy) is 1. The van der Waals surface area contributed by atoms with Crippen molar-refractivity contribution in [2.75, 3.05) is 19.4 Å². The van der Waals surface area contributed by atoms with Crippen LogP contribution in [0.5, 0.6) is 0 Å². The zero-order valence-electron chi connectivity index (χ0n) is 8.94. The molecule has 0 aliphatic heterocycles. The van der Waals surface area contributed by atoms with Gasteiger partial charge in [-0.25, -0.2) is 12.8 Å². The van der Waals surface area contributed by atoms with Crippen LogP contribution in [0.1, 0.15) is 0 Å². The summed E-state index contributed by atoms with van der Waals surface area (Å²) in [6.45, 7) is -0.547. The molecule has 0 bridgehead atoms. The summed E-state index contributed by atoms with van der Waals surface area (Å²) < 4.78 is 42.4. The number of methoxy groups -OCH3 is 1. The number of nitrogens with two attached hydrogens (primary N) is 1. The topological polar surface area (TPSA) is 98.5 Å². The minimum absolute atomic E-state index is 0.108. The highest BCUT2D eigenvalue weighted by molar-refractivity contribution is 7.89. The number of hydrogen-bond acceptors (Lipinski definition) is 5. The van der Waals surface area contributed by atoms with E-state index in [2.05, 4.69) is 4.74 Å². The van der Waals surface area contributed by atoms with Crippen LogP contribution in [-0.2, 0) is 19.6 Å². The van der Waals surface area contributed by atoms with Crippen LogP contribution >= 0.6 is 0 Å². The minimum Gasteiger partial charge on any atom is -0.468 e. The van der Waals surface area contributed by atoms with Crippen molar-refractivity contribution < 1.29 is 22.3 Å². The second-order valence-electron chi connectivity index (χ2n) is 3.08. The molecule has 0 heterocycles. The van der Waals surface area contributed by atoms with E-state index in [1.807, 2.05) is 4.72 Å². The molecule has 17 heavy (non-hydrogen) atoms. The number of sulfonamides is 1. The summed E-state index contributed by atoms with van der Waals surface area (Å²) in [4.78, 5) is 10.4. The van der Waals surface area contributed by atoms with Gasteiger partial charge in [-0.3, -0.25) is 4.79 Å². The summed E-state index contributed by atoms with van der Waals surface area (Å²) in [6.07, 6.45) is 0. The fraction of sp³-hybridized carbons (Fsp3) is 0.222. The highest BCUT2D eigenvalue weighted by atomic mass is 32.2. The summed E-state index contributed by atoms with van der Waals surface area (Å²) in [5.74, 6) is -1.50. The van der Waals surface area contributed by atoms with Crippen molar-refractivity contribution in [3.8, 4) is 0 Å². The highest BCUT2D eigenvalue weighted by Gasteiger charge is 2.19. The maximum atomic E-state index is 12.9. The van der Waals surface area contributed by atoms with E-state index >= 15 is 0 Å². The van der Waals surface area contributed by atoms with Gasteiger partial charge in [0.15, 0.2) is 0 Å². The largest absolute Gasteiger partial charge is 0.468 e. The van der Waals surface area contributed by atoms with Crippen LogP contribution < -0.4 is 10.5 Å². The Kier molecular flexibility index (Phi) is 4.02. The third-order valence-corrected chi connectivity index (χ3v) is 3.36. The molecule has 3 N–H and O–H groups in total. The predicted octanol–water partition coefficient (Wildman–Crippen LogP) is -0.141. The summed E-state index contributed by atoms with van der Waals surface area (Å²) in [5.41, 5.74) is 5.30. The molecule has 6 nitrogen and oxygen atoms in total. The molecule has 1 aromatic rings. The Morgan fingerprint density at radius 1 is 1.53 bits per heavy atom. The molecule has 0 saturated carbocycles. The lowest BCUT2D eigenvalue weighted by Gasteiger charge is -2.08. The van der Waals surface area contributed by atoms with E-state index in [4.69, 9.17) is 5.73 Å². The molecule has 0 aliphatic rings. The molecule has 0 aromatic heterocycles. The molecule has 0 amide bonds. The number of nitrogens with one attached hydrogen (secondary N) is 1. The average Bonchev–Trinajstić information content (AvgIpc) is 2.29. The lowest BCUT2D eigenvalue weighted by atomic mass is 10.3. The maximum Gasteiger partial charge on any atom is 0.320 e. The monoisotopic (exact) mass is 262 g/mol. The van der Waals surface area contributed by atoms with Crippen LogP contribution in [0.25, 0.3) is 0 Å². The number of esters is 1. The Bertz CT molecular complexity index is 530. The molecular weight excluding hydrogens is 251 g/mol. The minimum atomic E-state index is -4.03. The standard InChI is InChI=1S/C9H11FN2O4S/c1-16-9(13)5-12-17(14,15)8-4-6(10)2-3-7(8)11/h2-4,12H,5,11H2,1H3. The normalized spacial score (nSPS) is 11.2. The molecule has 0 aliphatic carbocycles. The van der Waals surface area contributed by atoms with E-state index in [9.17, 15) is 17.6 Å². The van der Waals surface area contributed by atoms with Crippen LogP contribution in [0, 0.1) is 5.82 Å². The molecular formula is C9H11FN2O4S. The summed E-state index contributed by atoms with van der Waals surface area (Å²) in [5, 5.41) is 0. The summed E-state index contributed by atoms with van der Waals surface area (Å²) in [6, 6.07) is 2.94. The molecule has 8 heteroatoms. The van der Waals surface area contributed by atoms with Gasteiger partial charge in [-0.1, -0.05) is 0 Å². The Morgan fingerprint density at radius 2 is 2.18 bits per heavy atom. The van der Waals surface area contributed by atoms with Crippen LogP contribution in [0.15, 0.2) is 23.1 Å². The lowest BCUT2D eigenvalue weighted by molar-refractivity contribution is -0.139. The van der Waals surface area contributed by atoms with E-state index in [1.165, 1.54) is 0 Å². The van der Waals surface area contributed by atoms with Crippen molar-refractivity contribution in [3.63, 3.8) is 0 Å². The molecule has 0 unspecified atom stereocenters. The molecule has 0 fully saturated rings. The summed E-state index contributed by atoms with van der Waals surface area (Å²) in [7, 11) is -2.92. The van der Waals surface area contributed by atoms with E-state index in [0.29, 0.717) is 0 Å². The van der Waals surface area contributed by atoms with Crippen molar-refractivity contribution in [2.45, 2.75) is 4.90 Å². The van der Waals surface area contributed by atoms with E-state index < -0.39 is 33.3 Å². The van der Waals surface area contributed by atoms with Crippen LogP contribution in [0.3, 0.4) is 0 Å². The predicted molar refractivity (Wildman–Crippen MR) is 58.0 cm³/mol. The highest BCUT2D eigenvalue weighted by Crippen LogP contribution is 2.18. The Balaban J connectivity index is 2.97. The Labute approximate surface area is 97.6 Å². The van der Waals surface area contributed by atoms with Gasteiger partial charge in [0.25, 0.3) is 0 Å². The van der Waals surface area contributed by atoms with Gasteiger partial charge in [0.1, 0.15) is 17.3 Å². The van der Waals surface area contributed by atoms with Crippen LogP contribution in [0.2, 0.25) is 0 Å². The maximum absolute atomic E-state index is 12.9. The Morgan fingerprint density at radius 3 is 2.76 bits per heavy atom. The number of carbonyl (C=O) groups is 1. The second kappa shape index (κ2) is 5.11. The first-order valence-corrected chi connectivity index (χ1v) is 5.96. The van der Waals surface area contributed by atoms with Gasteiger partial charge in [-0.2, -0.15) is 4.72 Å². The van der Waals surface area contributed by atoms with Gasteiger partial charge in [0, 0.05) is 0 Å². The molecule has 1 aromatic carbocycles. The smallest absolute Gasteiger partial charge is 0.320 e. The second-order valence-corrected chi connectivity index (χ2v) is 4.82. The number of hydrogen-bond donors (Lipinski definition) is 2. The Hall–Kier alpha value is -1.67. The van der Waals surface area contributed by atoms with Gasteiger partial charge in [0.05, 0.1) is 12.8 Å². The van der Waals surface area contributed by atoms with Crippen molar-refractivity contribution in [3.05, 3.63) is 24.0 Å². The number of anilines is 1. The van der Waals surface area contributed by atoms with E-state index in [-0.39, 0.29) is 5.69 Å². The third-order valence-electron chi connectivity index (χ3n) is 1.90. The van der Waals surface area contributed by atoms with Crippen molar-refractivity contribution in [2.24, 2.45) is 0 Å². The molecule has 1 rings (SSSR count). The summed E-state index contributed by atoms with van der Waals surface area (Å²) >= 11 is 0. The number of benzene rings is 1. The van der Waals surface area contributed by atoms with Crippen molar-refractivity contribution >= 4 is 21.7 Å². The first-order valence-electron chi connectivity index (χ1n) is 4.48. The molecule has 0 atom stereocenters. The SMILES string of the molecule is COC(=O)CNS(=O)(=O)c1cc(F)ccc1N. The molecule has 0 saturated heterocycles. The number of halogens is 1. The number of rotatable bonds is 4. The molecule has 94 valence electrons. The number of nitrogen functional groups attached to an aromatic ring is 1. The zero-order chi connectivity index (χ0) is 13.1. The van der Waals surface area contributed by atoms with Gasteiger partial charge in [-0.05, 0) is 18.2 Å². The van der Waals surface area contributed by atoms with Gasteiger partial charge in [0.2, 0.25) is 10.0 Å². The van der Waals surface area contributed by atoms with Crippen LogP contribution in [-0.4, -0.2) is 28.0 Å². The molecule has 0 radical (unpaired) electrons. The van der Waals surface area contributed by atoms with Gasteiger partial charge < -0.3 is 10.5 Å². The molecule has 0 spiro atoms. The number of carbonyl (C=O) groups excluding carboxylic acids is 1. The quantitative estimate of drug-likeness (QED) is 0.581. The van der Waals surface area contributed by atoms with Crippen molar-refractivity contribution in [1.29, 1.82) is 0 Å². The fourth-order valence-electron chi connectivity index (χ4n) is 1.04. The van der Waals surface area contributed by atoms with Gasteiger partial charge in [-0.15, -0.1) is 0 Å². The van der Waals surface area contributed by atoms with Crippen LogP contribution in [0.4, 0.5) is 10.1 Å². The van der Waals surface area contributed by atoms with E-state index in [1.54, 1.807) is 0 Å². The third kappa shape index (κ3) is 3.40. The van der Waals surface area contributed by atoms with Crippen molar-refractivity contribution in [1.82, 2.24) is 4.72 Å². The fourth-order valence-corrected chi connectivity index (χ4v) is 2.15. The lowest BCUT2D eigenvalue weighted by Crippen LogP contribution is -2.30. The van der Waals surface area contributed by atoms with Gasteiger partial charge >= 0.3 is 5.97 Å². The van der Waals surface area contributed by atoms with E-state index in [0.717, 1.165) is 25.3 Å². The zero-order valence-corrected chi connectivity index (χ0v) is 9.75. The first kappa shape index (κ1) is 13.4.